The minimum Gasteiger partial charge on any atom is -0.373 e. The van der Waals surface area contributed by atoms with Crippen LogP contribution in [0.5, 0.6) is 0 Å². The fraction of sp³-hybridized carbons (Fsp3) is 1.00. The normalized spacial score (nSPS) is 29.1. The average molecular weight is 201 g/mol. The van der Waals surface area contributed by atoms with E-state index < -0.39 is 0 Å². The third-order valence-electron chi connectivity index (χ3n) is 2.29. The van der Waals surface area contributed by atoms with Crippen molar-refractivity contribution in [3.63, 3.8) is 0 Å². The molecule has 1 heterocycles. The molecule has 0 saturated carbocycles. The Kier molecular flexibility index (Phi) is 4.35. The Morgan fingerprint density at radius 1 is 1.29 bits per heavy atom. The van der Waals surface area contributed by atoms with Gasteiger partial charge < -0.3 is 14.8 Å². The van der Waals surface area contributed by atoms with Gasteiger partial charge >= 0.3 is 0 Å². The van der Waals surface area contributed by atoms with Gasteiger partial charge in [-0.15, -0.1) is 0 Å². The summed E-state index contributed by atoms with van der Waals surface area (Å²) in [6.45, 7) is 10.9. The predicted molar refractivity (Wildman–Crippen MR) is 57.5 cm³/mol. The maximum atomic E-state index is 5.84. The molecule has 14 heavy (non-hydrogen) atoms. The summed E-state index contributed by atoms with van der Waals surface area (Å²) in [7, 11) is 0. The molecule has 0 aliphatic carbocycles. The van der Waals surface area contributed by atoms with E-state index >= 15 is 0 Å². The van der Waals surface area contributed by atoms with Crippen molar-refractivity contribution in [1.29, 1.82) is 0 Å². The summed E-state index contributed by atoms with van der Waals surface area (Å²) >= 11 is 0. The molecule has 3 nitrogen and oxygen atoms in total. The van der Waals surface area contributed by atoms with Crippen LogP contribution in [0.15, 0.2) is 0 Å². The summed E-state index contributed by atoms with van der Waals surface area (Å²) in [5.74, 6) is 0. The molecule has 1 aliphatic rings. The molecule has 1 N–H and O–H groups in total. The smallest absolute Gasteiger partial charge is 0.0937 e. The molecule has 0 bridgehead atoms. The molecular weight excluding hydrogens is 178 g/mol. The van der Waals surface area contributed by atoms with Crippen LogP contribution in [0.2, 0.25) is 0 Å². The van der Waals surface area contributed by atoms with Crippen LogP contribution in [0.4, 0.5) is 0 Å². The summed E-state index contributed by atoms with van der Waals surface area (Å²) in [5.41, 5.74) is -0.0669. The van der Waals surface area contributed by atoms with Crippen LogP contribution in [0.25, 0.3) is 0 Å². The molecule has 0 aromatic carbocycles. The SMILES string of the molecule is CC[C@H]1CNC[C@@H](COC(C)(C)C)O1. The lowest BCUT2D eigenvalue weighted by Crippen LogP contribution is -2.47. The first-order valence-corrected chi connectivity index (χ1v) is 5.51. The molecule has 0 radical (unpaired) electrons. The van der Waals surface area contributed by atoms with E-state index in [1.165, 1.54) is 0 Å². The van der Waals surface area contributed by atoms with Crippen molar-refractivity contribution < 1.29 is 9.47 Å². The van der Waals surface area contributed by atoms with Crippen LogP contribution < -0.4 is 5.32 Å². The van der Waals surface area contributed by atoms with Crippen molar-refractivity contribution >= 4 is 0 Å². The number of hydrogen-bond acceptors (Lipinski definition) is 3. The van der Waals surface area contributed by atoms with Gasteiger partial charge in [-0.1, -0.05) is 6.92 Å². The van der Waals surface area contributed by atoms with Gasteiger partial charge in [0.1, 0.15) is 0 Å². The van der Waals surface area contributed by atoms with E-state index in [-0.39, 0.29) is 11.7 Å². The Labute approximate surface area is 87.2 Å². The molecule has 3 heteroatoms. The van der Waals surface area contributed by atoms with Crippen molar-refractivity contribution in [1.82, 2.24) is 5.32 Å². The molecule has 1 rings (SSSR count). The van der Waals surface area contributed by atoms with Gasteiger partial charge in [0.25, 0.3) is 0 Å². The first-order valence-electron chi connectivity index (χ1n) is 5.51. The predicted octanol–water partition coefficient (Wildman–Crippen LogP) is 1.57. The van der Waals surface area contributed by atoms with Gasteiger partial charge in [-0.2, -0.15) is 0 Å². The third kappa shape index (κ3) is 4.40. The topological polar surface area (TPSA) is 30.5 Å². The highest BCUT2D eigenvalue weighted by Gasteiger charge is 2.22. The Morgan fingerprint density at radius 3 is 2.50 bits per heavy atom. The number of ether oxygens (including phenoxy) is 2. The fourth-order valence-corrected chi connectivity index (χ4v) is 1.46. The Hall–Kier alpha value is -0.120. The summed E-state index contributed by atoms with van der Waals surface area (Å²) in [5, 5.41) is 3.37. The number of morpholine rings is 1. The molecule has 1 aliphatic heterocycles. The maximum Gasteiger partial charge on any atom is 0.0937 e. The number of hydrogen-bond donors (Lipinski definition) is 1. The summed E-state index contributed by atoms with van der Waals surface area (Å²) in [6.07, 6.45) is 1.64. The van der Waals surface area contributed by atoms with E-state index in [4.69, 9.17) is 9.47 Å². The van der Waals surface area contributed by atoms with Gasteiger partial charge in [0.05, 0.1) is 24.4 Å². The van der Waals surface area contributed by atoms with Crippen LogP contribution in [0.1, 0.15) is 34.1 Å². The van der Waals surface area contributed by atoms with E-state index in [0.29, 0.717) is 12.7 Å². The van der Waals surface area contributed by atoms with Crippen LogP contribution in [-0.2, 0) is 9.47 Å². The van der Waals surface area contributed by atoms with Crippen molar-refractivity contribution in [3.8, 4) is 0 Å². The van der Waals surface area contributed by atoms with Crippen LogP contribution >= 0.6 is 0 Å². The number of nitrogens with one attached hydrogen (secondary N) is 1. The zero-order valence-corrected chi connectivity index (χ0v) is 9.80. The fourth-order valence-electron chi connectivity index (χ4n) is 1.46. The van der Waals surface area contributed by atoms with Crippen LogP contribution in [0, 0.1) is 0 Å². The maximum absolute atomic E-state index is 5.84. The molecule has 0 amide bonds. The molecule has 1 saturated heterocycles. The van der Waals surface area contributed by atoms with Gasteiger partial charge in [-0.05, 0) is 27.2 Å². The monoisotopic (exact) mass is 201 g/mol. The molecule has 2 atom stereocenters. The Balaban J connectivity index is 2.24. The zero-order valence-electron chi connectivity index (χ0n) is 9.80. The van der Waals surface area contributed by atoms with E-state index in [1.54, 1.807) is 0 Å². The molecule has 1 fully saturated rings. The minimum atomic E-state index is -0.0669. The van der Waals surface area contributed by atoms with E-state index in [1.807, 2.05) is 0 Å². The van der Waals surface area contributed by atoms with Crippen molar-refractivity contribution in [3.05, 3.63) is 0 Å². The lowest BCUT2D eigenvalue weighted by Gasteiger charge is -2.32. The highest BCUT2D eigenvalue weighted by Crippen LogP contribution is 2.12. The largest absolute Gasteiger partial charge is 0.373 e. The summed E-state index contributed by atoms with van der Waals surface area (Å²) in [6, 6.07) is 0. The minimum absolute atomic E-state index is 0.0669. The van der Waals surface area contributed by atoms with Gasteiger partial charge in [0.2, 0.25) is 0 Å². The van der Waals surface area contributed by atoms with Crippen molar-refractivity contribution in [2.45, 2.75) is 51.9 Å². The van der Waals surface area contributed by atoms with Crippen molar-refractivity contribution in [2.24, 2.45) is 0 Å². The molecule has 0 aromatic heterocycles. The summed E-state index contributed by atoms with van der Waals surface area (Å²) < 4.78 is 11.5. The molecule has 0 unspecified atom stereocenters. The molecular formula is C11H23NO2. The first kappa shape index (κ1) is 12.0. The second-order valence-corrected chi connectivity index (χ2v) is 4.87. The first-order chi connectivity index (χ1) is 6.51. The van der Waals surface area contributed by atoms with Gasteiger partial charge in [-0.25, -0.2) is 0 Å². The van der Waals surface area contributed by atoms with Gasteiger partial charge in [0, 0.05) is 13.1 Å². The quantitative estimate of drug-likeness (QED) is 0.752. The number of rotatable bonds is 3. The lowest BCUT2D eigenvalue weighted by atomic mass is 10.2. The van der Waals surface area contributed by atoms with Gasteiger partial charge in [-0.3, -0.25) is 0 Å². The average Bonchev–Trinajstić information content (AvgIpc) is 2.14. The van der Waals surface area contributed by atoms with Crippen LogP contribution in [-0.4, -0.2) is 37.5 Å². The van der Waals surface area contributed by atoms with Gasteiger partial charge in [0.15, 0.2) is 0 Å². The Bertz CT molecular complexity index is 165. The van der Waals surface area contributed by atoms with E-state index in [0.717, 1.165) is 19.5 Å². The lowest BCUT2D eigenvalue weighted by molar-refractivity contribution is -0.108. The second-order valence-electron chi connectivity index (χ2n) is 4.87. The summed E-state index contributed by atoms with van der Waals surface area (Å²) in [4.78, 5) is 0. The zero-order chi connectivity index (χ0) is 10.6. The highest BCUT2D eigenvalue weighted by atomic mass is 16.5. The van der Waals surface area contributed by atoms with E-state index in [2.05, 4.69) is 33.0 Å². The second kappa shape index (κ2) is 5.10. The standard InChI is InChI=1S/C11H23NO2/c1-5-9-6-12-7-10(14-9)8-13-11(2,3)4/h9-10,12H,5-8H2,1-4H3/t9-,10-/m0/s1. The molecule has 0 aromatic rings. The Morgan fingerprint density at radius 2 is 1.93 bits per heavy atom. The van der Waals surface area contributed by atoms with Crippen molar-refractivity contribution in [2.75, 3.05) is 19.7 Å². The third-order valence-corrected chi connectivity index (χ3v) is 2.29. The van der Waals surface area contributed by atoms with E-state index in [9.17, 15) is 0 Å². The molecule has 0 spiro atoms. The molecule has 84 valence electrons. The van der Waals surface area contributed by atoms with Crippen LogP contribution in [0.3, 0.4) is 0 Å². The highest BCUT2D eigenvalue weighted by molar-refractivity contribution is 4.74.